The third-order valence-electron chi connectivity index (χ3n) is 5.63. The molecule has 4 saturated carbocycles. The minimum Gasteiger partial charge on any atom is -0.420 e. The second-order valence-corrected chi connectivity index (χ2v) is 6.72. The Balaban J connectivity index is 1.59. The van der Waals surface area contributed by atoms with Crippen LogP contribution in [-0.2, 0) is 0 Å². The van der Waals surface area contributed by atoms with Crippen LogP contribution in [0.2, 0.25) is 0 Å². The minimum atomic E-state index is -0.0869. The van der Waals surface area contributed by atoms with Gasteiger partial charge in [0, 0.05) is 0 Å². The lowest BCUT2D eigenvalue weighted by Gasteiger charge is -2.55. The summed E-state index contributed by atoms with van der Waals surface area (Å²) in [5, 5.41) is 8.06. The first-order chi connectivity index (χ1) is 9.24. The van der Waals surface area contributed by atoms with Crippen LogP contribution in [0.4, 0.5) is 0 Å². The van der Waals surface area contributed by atoms with E-state index in [0.29, 0.717) is 17.7 Å². The number of hydrogen-bond donors (Lipinski definition) is 1. The van der Waals surface area contributed by atoms with Crippen LogP contribution < -0.4 is 5.73 Å². The van der Waals surface area contributed by atoms with Gasteiger partial charge in [-0.05, 0) is 67.8 Å². The molecule has 5 rings (SSSR count). The third-order valence-corrected chi connectivity index (χ3v) is 5.63. The summed E-state index contributed by atoms with van der Waals surface area (Å²) in [5.41, 5.74) is 6.46. The van der Waals surface area contributed by atoms with E-state index >= 15 is 0 Å². The van der Waals surface area contributed by atoms with Crippen molar-refractivity contribution in [1.29, 1.82) is 0 Å². The van der Waals surface area contributed by atoms with Gasteiger partial charge in [-0.2, -0.15) is 0 Å². The fourth-order valence-corrected chi connectivity index (χ4v) is 5.18. The van der Waals surface area contributed by atoms with E-state index in [1.807, 2.05) is 0 Å². The molecule has 102 valence electrons. The second kappa shape index (κ2) is 4.17. The maximum Gasteiger partial charge on any atom is 0.240 e. The van der Waals surface area contributed by atoms with E-state index in [1.165, 1.54) is 32.1 Å². The Kier molecular flexibility index (Phi) is 2.56. The summed E-state index contributed by atoms with van der Waals surface area (Å²) in [5.74, 6) is 5.14. The molecule has 0 aliphatic heterocycles. The van der Waals surface area contributed by atoms with Crippen LogP contribution >= 0.6 is 0 Å². The van der Waals surface area contributed by atoms with E-state index in [4.69, 9.17) is 10.2 Å². The van der Waals surface area contributed by atoms with Crippen LogP contribution in [0.3, 0.4) is 0 Å². The van der Waals surface area contributed by atoms with Gasteiger partial charge in [0.05, 0.1) is 6.04 Å². The van der Waals surface area contributed by atoms with Crippen molar-refractivity contribution in [3.8, 4) is 0 Å². The zero-order chi connectivity index (χ0) is 13.0. The van der Waals surface area contributed by atoms with Gasteiger partial charge < -0.3 is 10.2 Å². The molecule has 1 aromatic heterocycles. The minimum absolute atomic E-state index is 0.0869. The van der Waals surface area contributed by atoms with Crippen molar-refractivity contribution in [2.24, 2.45) is 35.3 Å². The summed E-state index contributed by atoms with van der Waals surface area (Å²) < 4.78 is 5.59. The summed E-state index contributed by atoms with van der Waals surface area (Å²) in [7, 11) is 0. The Labute approximate surface area is 113 Å². The molecule has 1 heterocycles. The fraction of sp³-hybridized carbons (Fsp3) is 0.733. The summed E-state index contributed by atoms with van der Waals surface area (Å²) >= 11 is 0. The molecule has 2 N–H and O–H groups in total. The molecule has 1 unspecified atom stereocenters. The molecule has 19 heavy (non-hydrogen) atoms. The van der Waals surface area contributed by atoms with Crippen molar-refractivity contribution in [1.82, 2.24) is 10.2 Å². The summed E-state index contributed by atoms with van der Waals surface area (Å²) in [6.07, 6.45) is 8.53. The Morgan fingerprint density at radius 2 is 1.74 bits per heavy atom. The van der Waals surface area contributed by atoms with Crippen LogP contribution in [0, 0.1) is 29.6 Å². The average molecular weight is 259 g/mol. The molecule has 4 bridgehead atoms. The maximum absolute atomic E-state index is 6.46. The molecule has 0 saturated heterocycles. The maximum atomic E-state index is 6.46. The highest BCUT2D eigenvalue weighted by molar-refractivity contribution is 5.32. The highest BCUT2D eigenvalue weighted by Crippen LogP contribution is 2.58. The van der Waals surface area contributed by atoms with Gasteiger partial charge in [0.25, 0.3) is 0 Å². The molecule has 0 aromatic carbocycles. The number of aromatic nitrogens is 2. The first-order valence-electron chi connectivity index (χ1n) is 7.46. The lowest BCUT2D eigenvalue weighted by Crippen LogP contribution is -2.48. The van der Waals surface area contributed by atoms with Crippen LogP contribution in [-0.4, -0.2) is 10.2 Å². The van der Waals surface area contributed by atoms with Crippen molar-refractivity contribution in [2.45, 2.75) is 38.1 Å². The van der Waals surface area contributed by atoms with Crippen LogP contribution in [0.15, 0.2) is 11.0 Å². The molecule has 4 aliphatic rings. The normalized spacial score (nSPS) is 41.4. The van der Waals surface area contributed by atoms with E-state index in [0.717, 1.165) is 23.7 Å². The van der Waals surface area contributed by atoms with Gasteiger partial charge in [0.2, 0.25) is 11.8 Å². The average Bonchev–Trinajstić information content (AvgIpc) is 2.86. The second-order valence-electron chi connectivity index (χ2n) is 6.72. The van der Waals surface area contributed by atoms with Gasteiger partial charge in [0.15, 0.2) is 0 Å². The predicted octanol–water partition coefficient (Wildman–Crippen LogP) is 2.78. The molecule has 1 atom stereocenters. The van der Waals surface area contributed by atoms with E-state index in [9.17, 15) is 0 Å². The van der Waals surface area contributed by atoms with Crippen molar-refractivity contribution < 1.29 is 4.42 Å². The molecule has 4 nitrogen and oxygen atoms in total. The van der Waals surface area contributed by atoms with E-state index in [2.05, 4.69) is 16.8 Å². The van der Waals surface area contributed by atoms with Crippen LogP contribution in [0.1, 0.15) is 49.9 Å². The van der Waals surface area contributed by atoms with Gasteiger partial charge in [-0.3, -0.25) is 0 Å². The molecule has 4 aliphatic carbocycles. The van der Waals surface area contributed by atoms with E-state index < -0.39 is 0 Å². The lowest BCUT2D eigenvalue weighted by atomic mass is 9.50. The Morgan fingerprint density at radius 3 is 2.26 bits per heavy atom. The zero-order valence-corrected chi connectivity index (χ0v) is 11.2. The van der Waals surface area contributed by atoms with Crippen molar-refractivity contribution in [3.05, 3.63) is 18.4 Å². The van der Waals surface area contributed by atoms with E-state index in [-0.39, 0.29) is 6.04 Å². The summed E-state index contributed by atoms with van der Waals surface area (Å²) in [6.45, 7) is 3.65. The highest BCUT2D eigenvalue weighted by atomic mass is 16.4. The number of hydrogen-bond acceptors (Lipinski definition) is 4. The third kappa shape index (κ3) is 1.76. The standard InChI is InChI=1S/C15H21N3O/c1-2-12-17-18-15(19-12)14(16)13-10-4-8-3-9(6-10)7-11(13)5-8/h2,8-11,13-14H,1,3-7,16H2. The summed E-state index contributed by atoms with van der Waals surface area (Å²) in [6, 6.07) is -0.0869. The van der Waals surface area contributed by atoms with Gasteiger partial charge in [0.1, 0.15) is 0 Å². The Hall–Kier alpha value is -1.16. The van der Waals surface area contributed by atoms with Crippen molar-refractivity contribution in [3.63, 3.8) is 0 Å². The van der Waals surface area contributed by atoms with Crippen LogP contribution in [0.5, 0.6) is 0 Å². The first-order valence-corrected chi connectivity index (χ1v) is 7.46. The first kappa shape index (κ1) is 11.6. The molecule has 4 heteroatoms. The van der Waals surface area contributed by atoms with E-state index in [1.54, 1.807) is 6.08 Å². The molecule has 1 aromatic rings. The largest absolute Gasteiger partial charge is 0.420 e. The lowest BCUT2D eigenvalue weighted by molar-refractivity contribution is -0.0503. The summed E-state index contributed by atoms with van der Waals surface area (Å²) in [4.78, 5) is 0. The molecular formula is C15H21N3O. The fourth-order valence-electron chi connectivity index (χ4n) is 5.18. The molecule has 0 radical (unpaired) electrons. The van der Waals surface area contributed by atoms with Gasteiger partial charge in [-0.15, -0.1) is 10.2 Å². The molecule has 4 fully saturated rings. The quantitative estimate of drug-likeness (QED) is 0.906. The van der Waals surface area contributed by atoms with Crippen molar-refractivity contribution >= 4 is 6.08 Å². The zero-order valence-electron chi connectivity index (χ0n) is 11.2. The molecule has 0 amide bonds. The monoisotopic (exact) mass is 259 g/mol. The van der Waals surface area contributed by atoms with Crippen molar-refractivity contribution in [2.75, 3.05) is 0 Å². The van der Waals surface area contributed by atoms with Gasteiger partial charge >= 0.3 is 0 Å². The molecule has 0 spiro atoms. The van der Waals surface area contributed by atoms with Crippen LogP contribution in [0.25, 0.3) is 6.08 Å². The smallest absolute Gasteiger partial charge is 0.240 e. The molecular weight excluding hydrogens is 238 g/mol. The van der Waals surface area contributed by atoms with Gasteiger partial charge in [-0.25, -0.2) is 0 Å². The number of rotatable bonds is 3. The Bertz CT molecular complexity index is 467. The Morgan fingerprint density at radius 1 is 1.11 bits per heavy atom. The topological polar surface area (TPSA) is 64.9 Å². The number of nitrogens with two attached hydrogens (primary N) is 1. The predicted molar refractivity (Wildman–Crippen MR) is 71.9 cm³/mol. The SMILES string of the molecule is C=Cc1nnc(C(N)C2C3CC4CC(C3)CC2C4)o1. The highest BCUT2D eigenvalue weighted by Gasteiger charge is 2.50. The number of nitrogens with zero attached hydrogens (tertiary/aromatic N) is 2. The van der Waals surface area contributed by atoms with Gasteiger partial charge in [-0.1, -0.05) is 6.58 Å².